The number of alkyl halides is 1. The molecular formula is C41H29Cl7N8O6. The first-order valence-corrected chi connectivity index (χ1v) is 20.5. The Morgan fingerprint density at radius 1 is 0.532 bits per heavy atom. The highest BCUT2D eigenvalue weighted by molar-refractivity contribution is 6.39. The molecule has 0 saturated heterocycles. The molecule has 4 amide bonds. The molecule has 5 rings (SSSR count). The molecule has 2 unspecified atom stereocenters. The van der Waals surface area contributed by atoms with Gasteiger partial charge in [-0.1, -0.05) is 81.7 Å². The van der Waals surface area contributed by atoms with Gasteiger partial charge in [0.15, 0.2) is 11.6 Å². The fraction of sp³-hybridized carbons (Fsp3) is 0.122. The number of hydrogen-bond acceptors (Lipinski definition) is 10. The number of rotatable bonds is 15. The van der Waals surface area contributed by atoms with E-state index in [1.165, 1.54) is 78.9 Å². The molecule has 0 aliphatic rings. The van der Waals surface area contributed by atoms with Crippen LogP contribution >= 0.6 is 81.2 Å². The van der Waals surface area contributed by atoms with Crippen molar-refractivity contribution in [2.24, 2.45) is 20.5 Å². The molecule has 2 atom stereocenters. The summed E-state index contributed by atoms with van der Waals surface area (Å²) in [6.45, 7) is 2.27. The number of anilines is 4. The fourth-order valence-electron chi connectivity index (χ4n) is 5.30. The van der Waals surface area contributed by atoms with Gasteiger partial charge in [0.1, 0.15) is 11.4 Å². The average Bonchev–Trinajstić information content (AvgIpc) is 3.21. The van der Waals surface area contributed by atoms with E-state index < -0.39 is 47.3 Å². The molecule has 318 valence electrons. The van der Waals surface area contributed by atoms with Crippen molar-refractivity contribution < 1.29 is 28.8 Å². The van der Waals surface area contributed by atoms with Gasteiger partial charge >= 0.3 is 0 Å². The van der Waals surface area contributed by atoms with Crippen LogP contribution in [0.5, 0.6) is 0 Å². The minimum absolute atomic E-state index is 0.00602. The van der Waals surface area contributed by atoms with Crippen LogP contribution in [-0.2, 0) is 25.1 Å². The number of Topliss-reactive ketones (excluding diaryl/α,β-unsaturated/α-hetero) is 2. The summed E-state index contributed by atoms with van der Waals surface area (Å²) in [6, 6.07) is 18.7. The first-order chi connectivity index (χ1) is 29.5. The second-order valence-electron chi connectivity index (χ2n) is 12.9. The molecule has 0 saturated carbocycles. The highest BCUT2D eigenvalue weighted by atomic mass is 35.5. The molecule has 0 fully saturated rings. The standard InChI is InChI=1S/C41H29Cl7N8O6/c1-19(57)36(55-53-32-7-3-5-25(34(32)47)38(59)51-30-12-9-22(43)16-27(30)45)40(61)49-24-11-14-29(21(15-24)18-42)50-41(62)37(20(2)58)56-54-33-8-4-6-26(35(33)48)39(60)52-31-13-10-23(44)17-28(31)46/h3-17,36-37H,18H2,1-2H3,(H,49,61)(H,50,62)(H,51,59)(H,52,60). The van der Waals surface area contributed by atoms with Crippen LogP contribution in [-0.4, -0.2) is 47.3 Å². The number of ketones is 2. The van der Waals surface area contributed by atoms with Crippen LogP contribution in [0.4, 0.5) is 34.1 Å². The summed E-state index contributed by atoms with van der Waals surface area (Å²) in [4.78, 5) is 77.8. The van der Waals surface area contributed by atoms with Gasteiger partial charge in [-0.05, 0) is 98.3 Å². The number of nitrogens with zero attached hydrogens (tertiary/aromatic N) is 4. The molecule has 4 N–H and O–H groups in total. The first-order valence-electron chi connectivity index (χ1n) is 17.7. The Labute approximate surface area is 388 Å². The van der Waals surface area contributed by atoms with Crippen molar-refractivity contribution in [1.29, 1.82) is 0 Å². The normalized spacial score (nSPS) is 12.1. The van der Waals surface area contributed by atoms with Crippen LogP contribution in [0.1, 0.15) is 40.1 Å². The Kier molecular flexibility index (Phi) is 16.6. The average molecular weight is 978 g/mol. The van der Waals surface area contributed by atoms with Gasteiger partial charge in [-0.2, -0.15) is 20.5 Å². The second-order valence-corrected chi connectivity index (χ2v) is 15.6. The summed E-state index contributed by atoms with van der Waals surface area (Å²) in [6.07, 6.45) is 0. The topological polar surface area (TPSA) is 200 Å². The van der Waals surface area contributed by atoms with E-state index in [0.29, 0.717) is 15.6 Å². The minimum atomic E-state index is -1.65. The first kappa shape index (κ1) is 47.6. The van der Waals surface area contributed by atoms with Gasteiger partial charge in [-0.15, -0.1) is 11.6 Å². The van der Waals surface area contributed by atoms with Gasteiger partial charge < -0.3 is 21.3 Å². The highest BCUT2D eigenvalue weighted by Gasteiger charge is 2.27. The summed E-state index contributed by atoms with van der Waals surface area (Å²) >= 11 is 43.4. The Balaban J connectivity index is 1.26. The largest absolute Gasteiger partial charge is 0.324 e. The Morgan fingerprint density at radius 2 is 0.968 bits per heavy atom. The third-order valence-corrected chi connectivity index (χ3v) is 10.6. The maximum absolute atomic E-state index is 13.3. The van der Waals surface area contributed by atoms with Gasteiger partial charge in [0.2, 0.25) is 12.1 Å². The Hall–Kier alpha value is -5.45. The fourth-order valence-corrected chi connectivity index (χ4v) is 6.93. The maximum atomic E-state index is 13.3. The summed E-state index contributed by atoms with van der Waals surface area (Å²) in [5.41, 5.74) is 1.21. The number of carbonyl (C=O) groups is 6. The molecule has 0 aromatic heterocycles. The molecule has 0 aliphatic heterocycles. The van der Waals surface area contributed by atoms with E-state index in [1.807, 2.05) is 0 Å². The molecule has 14 nitrogen and oxygen atoms in total. The van der Waals surface area contributed by atoms with E-state index >= 15 is 0 Å². The van der Waals surface area contributed by atoms with E-state index in [-0.39, 0.29) is 71.2 Å². The molecular weight excluding hydrogens is 949 g/mol. The lowest BCUT2D eigenvalue weighted by atomic mass is 10.1. The minimum Gasteiger partial charge on any atom is -0.324 e. The molecule has 0 spiro atoms. The molecule has 0 bridgehead atoms. The molecule has 0 heterocycles. The predicted molar refractivity (Wildman–Crippen MR) is 243 cm³/mol. The summed E-state index contributed by atoms with van der Waals surface area (Å²) in [7, 11) is 0. The number of amides is 4. The SMILES string of the molecule is CC(=O)C(N=Nc1cccc(C(=O)Nc2ccc(Cl)cc2Cl)c1Cl)C(=O)Nc1ccc(NC(=O)C(N=Nc2cccc(C(=O)Nc3ccc(Cl)cc3Cl)c2Cl)C(C)=O)c(CCl)c1. The third kappa shape index (κ3) is 12.1. The predicted octanol–water partition coefficient (Wildman–Crippen LogP) is 12.2. The van der Waals surface area contributed by atoms with E-state index in [9.17, 15) is 28.8 Å². The quantitative estimate of drug-likeness (QED) is 0.0457. The van der Waals surface area contributed by atoms with Gasteiger partial charge in [0.25, 0.3) is 23.6 Å². The van der Waals surface area contributed by atoms with Gasteiger partial charge in [0.05, 0.1) is 42.6 Å². The Bertz CT molecular complexity index is 2680. The van der Waals surface area contributed by atoms with Crippen molar-refractivity contribution in [2.75, 3.05) is 21.3 Å². The molecule has 5 aromatic carbocycles. The van der Waals surface area contributed by atoms with Gasteiger partial charge in [0, 0.05) is 27.3 Å². The van der Waals surface area contributed by atoms with Crippen molar-refractivity contribution in [1.82, 2.24) is 0 Å². The zero-order valence-corrected chi connectivity index (χ0v) is 37.2. The van der Waals surface area contributed by atoms with Crippen LogP contribution in [0.2, 0.25) is 30.1 Å². The molecule has 62 heavy (non-hydrogen) atoms. The summed E-state index contributed by atoms with van der Waals surface area (Å²) in [5.74, 6) is -4.50. The van der Waals surface area contributed by atoms with Gasteiger partial charge in [-0.25, -0.2) is 0 Å². The maximum Gasteiger partial charge on any atom is 0.258 e. The summed E-state index contributed by atoms with van der Waals surface area (Å²) < 4.78 is 0. The third-order valence-electron chi connectivity index (χ3n) is 8.41. The van der Waals surface area contributed by atoms with Crippen molar-refractivity contribution in [2.45, 2.75) is 31.8 Å². The van der Waals surface area contributed by atoms with Crippen molar-refractivity contribution in [3.05, 3.63) is 138 Å². The molecule has 5 aromatic rings. The van der Waals surface area contributed by atoms with Crippen molar-refractivity contribution in [3.8, 4) is 0 Å². The zero-order chi connectivity index (χ0) is 45.2. The number of carbonyl (C=O) groups excluding carboxylic acids is 6. The molecule has 0 radical (unpaired) electrons. The van der Waals surface area contributed by atoms with E-state index in [0.717, 1.165) is 13.8 Å². The monoisotopic (exact) mass is 974 g/mol. The van der Waals surface area contributed by atoms with E-state index in [1.54, 1.807) is 12.1 Å². The zero-order valence-electron chi connectivity index (χ0n) is 31.9. The number of benzene rings is 5. The molecule has 21 heteroatoms. The lowest BCUT2D eigenvalue weighted by Gasteiger charge is -2.15. The van der Waals surface area contributed by atoms with Crippen LogP contribution in [0.3, 0.4) is 0 Å². The van der Waals surface area contributed by atoms with Crippen LogP contribution in [0.15, 0.2) is 111 Å². The van der Waals surface area contributed by atoms with Crippen molar-refractivity contribution in [3.63, 3.8) is 0 Å². The van der Waals surface area contributed by atoms with Gasteiger partial charge in [-0.3, -0.25) is 28.8 Å². The van der Waals surface area contributed by atoms with E-state index in [2.05, 4.69) is 41.7 Å². The number of azo groups is 2. The second kappa shape index (κ2) is 21.6. The Morgan fingerprint density at radius 3 is 1.39 bits per heavy atom. The highest BCUT2D eigenvalue weighted by Crippen LogP contribution is 2.33. The lowest BCUT2D eigenvalue weighted by Crippen LogP contribution is -2.32. The number of hydrogen-bond donors (Lipinski definition) is 4. The lowest BCUT2D eigenvalue weighted by molar-refractivity contribution is -0.127. The summed E-state index contributed by atoms with van der Waals surface area (Å²) in [5, 5.41) is 27.2. The smallest absolute Gasteiger partial charge is 0.258 e. The van der Waals surface area contributed by atoms with Crippen LogP contribution in [0.25, 0.3) is 0 Å². The molecule has 0 aliphatic carbocycles. The van der Waals surface area contributed by atoms with Crippen LogP contribution < -0.4 is 21.3 Å². The van der Waals surface area contributed by atoms with Crippen molar-refractivity contribution >= 4 is 151 Å². The number of halogens is 7. The number of nitrogens with one attached hydrogen (secondary N) is 4. The van der Waals surface area contributed by atoms with Crippen LogP contribution in [0, 0.1) is 0 Å². The van der Waals surface area contributed by atoms with E-state index in [4.69, 9.17) is 81.2 Å².